The summed E-state index contributed by atoms with van der Waals surface area (Å²) in [6.07, 6.45) is -6.73. The second-order valence-corrected chi connectivity index (χ2v) is 20.8. The van der Waals surface area contributed by atoms with Crippen LogP contribution >= 0.6 is 39.1 Å². The number of aliphatic hydroxyl groups is 2. The highest BCUT2D eigenvalue weighted by molar-refractivity contribution is 7.49. The van der Waals surface area contributed by atoms with E-state index in [-0.39, 0.29) is 53.2 Å². The maximum Gasteiger partial charge on any atom is 0.598 e. The van der Waals surface area contributed by atoms with Gasteiger partial charge in [0, 0.05) is 57.0 Å². The van der Waals surface area contributed by atoms with E-state index in [0.717, 1.165) is 27.5 Å². The Morgan fingerprint density at radius 3 is 2.00 bits per heavy atom. The Kier molecular flexibility index (Phi) is 20.5. The average Bonchev–Trinajstić information content (AvgIpc) is 4.24. The second kappa shape index (κ2) is 26.7. The summed E-state index contributed by atoms with van der Waals surface area (Å²) in [4.78, 5) is 76.4. The molecule has 0 saturated carbocycles. The summed E-state index contributed by atoms with van der Waals surface area (Å²) >= 11 is 12.3. The normalized spacial score (nSPS) is 26.9. The number of phosphoric ester groups is 1. The summed E-state index contributed by atoms with van der Waals surface area (Å²) < 4.78 is 92.3. The van der Waals surface area contributed by atoms with Crippen LogP contribution in [0.15, 0.2) is 92.2 Å². The number of hydrogen-bond acceptors (Lipinski definition) is 22. The van der Waals surface area contributed by atoms with Crippen LogP contribution in [0, 0.1) is 11.3 Å². The van der Waals surface area contributed by atoms with Crippen molar-refractivity contribution in [1.29, 1.82) is 5.26 Å². The Morgan fingerprint density at radius 2 is 1.45 bits per heavy atom. The fourth-order valence-corrected chi connectivity index (χ4v) is 11.2. The lowest BCUT2D eigenvalue weighted by molar-refractivity contribution is -0.188. The van der Waals surface area contributed by atoms with Crippen molar-refractivity contribution < 1.29 is 80.2 Å². The van der Waals surface area contributed by atoms with Gasteiger partial charge < -0.3 is 52.7 Å². The van der Waals surface area contributed by atoms with Crippen LogP contribution in [-0.4, -0.2) is 123 Å². The molecule has 2 aromatic heterocycles. The molecule has 0 aliphatic carbocycles. The number of hydrogen-bond donors (Lipinski definition) is 4. The van der Waals surface area contributed by atoms with E-state index in [4.69, 9.17) is 79.7 Å². The Bertz CT molecular complexity index is 3010. The van der Waals surface area contributed by atoms with Gasteiger partial charge >= 0.3 is 38.5 Å². The van der Waals surface area contributed by atoms with Crippen LogP contribution < -0.4 is 31.5 Å². The van der Waals surface area contributed by atoms with Gasteiger partial charge in [0.1, 0.15) is 36.5 Å². The quantitative estimate of drug-likeness (QED) is 0.0488. The number of carbonyl (C=O) groups is 2. The molecule has 4 aliphatic heterocycles. The van der Waals surface area contributed by atoms with E-state index in [1.807, 2.05) is 6.07 Å². The number of ether oxygens (including phenoxy) is 7. The van der Waals surface area contributed by atoms with Crippen molar-refractivity contribution >= 4 is 50.8 Å². The predicted molar refractivity (Wildman–Crippen MR) is 261 cm³/mol. The zero-order valence-electron chi connectivity index (χ0n) is 40.3. The van der Waals surface area contributed by atoms with Crippen molar-refractivity contribution in [3.05, 3.63) is 125 Å². The summed E-state index contributed by atoms with van der Waals surface area (Å²) in [5.74, 6) is -0.939. The predicted octanol–water partition coefficient (Wildman–Crippen LogP) is 4.14. The third kappa shape index (κ3) is 14.6. The highest BCUT2D eigenvalue weighted by Crippen LogP contribution is 2.56. The number of phosphoric acid groups is 1. The van der Waals surface area contributed by atoms with Crippen LogP contribution in [0.2, 0.25) is 10.0 Å². The number of esters is 1. The molecule has 12 atom stereocenters. The number of nitrogens with one attached hydrogen (secondary N) is 2. The molecule has 4 unspecified atom stereocenters. The van der Waals surface area contributed by atoms with Gasteiger partial charge in [0.15, 0.2) is 37.2 Å². The molecular formula is C46H52Cl2N5O21P2+. The van der Waals surface area contributed by atoms with Crippen LogP contribution in [-0.2, 0) is 60.9 Å². The minimum Gasteiger partial charge on any atom is -0.463 e. The van der Waals surface area contributed by atoms with Gasteiger partial charge in [-0.25, -0.2) is 14.2 Å². The van der Waals surface area contributed by atoms with E-state index in [0.29, 0.717) is 38.9 Å². The minimum absolute atomic E-state index is 0.0425. The number of ketones is 1. The Labute approximate surface area is 442 Å². The maximum absolute atomic E-state index is 14.1. The number of aromatic amines is 2. The molecule has 0 amide bonds. The van der Waals surface area contributed by atoms with Gasteiger partial charge in [0.25, 0.3) is 11.1 Å². The van der Waals surface area contributed by atoms with Gasteiger partial charge in [0.05, 0.1) is 42.2 Å². The number of benzene rings is 2. The van der Waals surface area contributed by atoms with Crippen LogP contribution in [0.1, 0.15) is 64.3 Å². The van der Waals surface area contributed by atoms with E-state index in [1.165, 1.54) is 37.4 Å². The number of nitrogens with zero attached hydrogens (tertiary/aromatic N) is 3. The first-order valence-corrected chi connectivity index (χ1v) is 26.9. The summed E-state index contributed by atoms with van der Waals surface area (Å²) in [5, 5.41) is 28.3. The standard InChI is InChI=1S/C27H31ClN3O12P.C19H20ClN2O9P/c1-17(32)9-10-22(34)38-16-20-24(43-44(36,39-15-5-12-29)42-19-7-3-2-6-18(19)28)25(41-23-8-4-14-37-23)26(40-20)31-13-11-21(33)30-27(31)35;20-11-4-1-2-5-12(11)31-32(27)19(26)13(10-23)29-17(16(19)30-15-6-3-9-28-15)22-8-7-14(24)21-18(22)25/h2-3,6-7,11,13,20,23-26H,4-5,8-10,14-16H2,1H3,(H,30,33,35);1-2,4-5,7-8,13,15-17,23,26H,3,6,9-10H2/p+1/t20-,23?,24-,25-,26-,44?;13-,15?,16+,17-,19+/m11/s1. The molecule has 4 N–H and O–H groups in total. The molecule has 76 heavy (non-hydrogen) atoms. The molecule has 4 saturated heterocycles. The van der Waals surface area contributed by atoms with E-state index in [9.17, 15) is 48.1 Å². The van der Waals surface area contributed by atoms with Crippen LogP contribution in [0.5, 0.6) is 11.5 Å². The van der Waals surface area contributed by atoms with E-state index in [2.05, 4.69) is 9.97 Å². The summed E-state index contributed by atoms with van der Waals surface area (Å²) in [6.45, 7) is 0.562. The number of Topliss-reactive ketones (excluding diaryl/α,β-unsaturated/α-hetero) is 1. The zero-order valence-corrected chi connectivity index (χ0v) is 43.6. The third-order valence-electron chi connectivity index (χ3n) is 11.7. The highest BCUT2D eigenvalue weighted by Gasteiger charge is 2.73. The van der Waals surface area contributed by atoms with Crippen molar-refractivity contribution in [2.24, 2.45) is 0 Å². The maximum atomic E-state index is 14.1. The number of nitriles is 1. The van der Waals surface area contributed by atoms with Crippen molar-refractivity contribution in [3.63, 3.8) is 0 Å². The SMILES string of the molecule is CC(=O)CCC(=O)OC[C@H]1O[C@@H](n2ccc(=O)[nH]c2=O)[C@H](OC2CCCO2)[C@@H]1OP(=O)(OCCC#N)Oc1ccccc1Cl.O=c1ccn([C@@H]2O[C@H](CO)[C@](O)([P+](=O)Oc3ccccc3Cl)[C@H]2OC2CCCO2)c(=O)[nH]1. The Hall–Kier alpha value is -5.46. The average molecular weight is 1140 g/mol. The molecular weight excluding hydrogens is 1090 g/mol. The van der Waals surface area contributed by atoms with Gasteiger partial charge in [-0.05, 0) is 48.6 Å². The summed E-state index contributed by atoms with van der Waals surface area (Å²) in [6, 6.07) is 16.4. The van der Waals surface area contributed by atoms with Gasteiger partial charge in [-0.3, -0.25) is 47.1 Å². The van der Waals surface area contributed by atoms with Gasteiger partial charge in [-0.15, -0.1) is 0 Å². The van der Waals surface area contributed by atoms with Crippen LogP contribution in [0.4, 0.5) is 0 Å². The molecule has 0 spiro atoms. The van der Waals surface area contributed by atoms with Gasteiger partial charge in [-0.2, -0.15) is 5.26 Å². The highest BCUT2D eigenvalue weighted by atomic mass is 35.5. The molecule has 6 heterocycles. The fraction of sp³-hybridized carbons (Fsp3) is 0.500. The number of H-pyrrole nitrogens is 2. The lowest BCUT2D eigenvalue weighted by Gasteiger charge is -2.29. The molecule has 410 valence electrons. The molecule has 26 nitrogen and oxygen atoms in total. The van der Waals surface area contributed by atoms with E-state index in [1.54, 1.807) is 24.3 Å². The zero-order chi connectivity index (χ0) is 54.6. The molecule has 30 heteroatoms. The van der Waals surface area contributed by atoms with Crippen molar-refractivity contribution in [2.45, 2.75) is 113 Å². The molecule has 4 aromatic rings. The van der Waals surface area contributed by atoms with Crippen molar-refractivity contribution in [1.82, 2.24) is 19.1 Å². The molecule has 2 aromatic carbocycles. The molecule has 4 fully saturated rings. The first kappa shape index (κ1) is 58.2. The van der Waals surface area contributed by atoms with E-state index < -0.39 is 118 Å². The number of aromatic nitrogens is 4. The minimum atomic E-state index is -4.64. The topological polar surface area (TPSA) is 344 Å². The second-order valence-electron chi connectivity index (χ2n) is 17.1. The number of rotatable bonds is 22. The number of aliphatic hydroxyl groups excluding tert-OH is 1. The monoisotopic (exact) mass is 1140 g/mol. The largest absolute Gasteiger partial charge is 0.598 e. The molecule has 4 aliphatic rings. The summed E-state index contributed by atoms with van der Waals surface area (Å²) in [7, 11) is -7.67. The van der Waals surface area contributed by atoms with Crippen molar-refractivity contribution in [3.8, 4) is 17.6 Å². The molecule has 0 bridgehead atoms. The lowest BCUT2D eigenvalue weighted by atomic mass is 10.1. The van der Waals surface area contributed by atoms with Crippen LogP contribution in [0.3, 0.4) is 0 Å². The smallest absolute Gasteiger partial charge is 0.463 e. The Morgan fingerprint density at radius 1 is 0.855 bits per heavy atom. The summed E-state index contributed by atoms with van der Waals surface area (Å²) in [5.41, 5.74) is -2.98. The fourth-order valence-electron chi connectivity index (χ4n) is 8.03. The first-order chi connectivity index (χ1) is 36.4. The van der Waals surface area contributed by atoms with Crippen LogP contribution in [0.25, 0.3) is 0 Å². The first-order valence-electron chi connectivity index (χ1n) is 23.5. The Balaban J connectivity index is 0.000000232. The van der Waals surface area contributed by atoms with Gasteiger partial charge in [-0.1, -0.05) is 47.5 Å². The number of para-hydroxylation sites is 2. The third-order valence-corrected chi connectivity index (χ3v) is 15.2. The molecule has 8 rings (SSSR count). The molecule has 0 radical (unpaired) electrons. The lowest BCUT2D eigenvalue weighted by Crippen LogP contribution is -2.50. The number of halogens is 2. The van der Waals surface area contributed by atoms with Gasteiger partial charge in [0.2, 0.25) is 5.75 Å². The van der Waals surface area contributed by atoms with E-state index >= 15 is 0 Å². The number of carbonyl (C=O) groups excluding carboxylic acids is 2. The van der Waals surface area contributed by atoms with Crippen molar-refractivity contribution in [2.75, 3.05) is 33.0 Å².